The fourth-order valence-corrected chi connectivity index (χ4v) is 6.30. The van der Waals surface area contributed by atoms with Crippen LogP contribution >= 0.6 is 0 Å². The standard InChI is InChI=1S/C18H22N2O2/c1-13(14(21)22-3)4-16-5-15(2)6-17(8-16,11-19)10-18(7-15,9-16)12-20/h4H,5-10H2,1-3H3/b13-4+. The van der Waals surface area contributed by atoms with Crippen molar-refractivity contribution >= 4 is 5.97 Å². The van der Waals surface area contributed by atoms with Gasteiger partial charge in [0.25, 0.3) is 0 Å². The summed E-state index contributed by atoms with van der Waals surface area (Å²) in [5.41, 5.74) is -0.423. The summed E-state index contributed by atoms with van der Waals surface area (Å²) in [4.78, 5) is 11.8. The summed E-state index contributed by atoms with van der Waals surface area (Å²) in [5.74, 6) is -0.321. The quantitative estimate of drug-likeness (QED) is 0.577. The molecule has 2 atom stereocenters. The third-order valence-electron chi connectivity index (χ3n) is 5.87. The van der Waals surface area contributed by atoms with Crippen LogP contribution in [0.15, 0.2) is 11.6 Å². The number of methoxy groups -OCH3 is 1. The molecule has 2 unspecified atom stereocenters. The highest BCUT2D eigenvalue weighted by Crippen LogP contribution is 2.73. The minimum atomic E-state index is -0.411. The summed E-state index contributed by atoms with van der Waals surface area (Å²) in [6, 6.07) is 5.08. The van der Waals surface area contributed by atoms with Crippen LogP contribution in [0.5, 0.6) is 0 Å². The van der Waals surface area contributed by atoms with Crippen molar-refractivity contribution < 1.29 is 9.53 Å². The Labute approximate surface area is 131 Å². The smallest absolute Gasteiger partial charge is 0.333 e. The fraction of sp³-hybridized carbons (Fsp3) is 0.722. The van der Waals surface area contributed by atoms with Crippen molar-refractivity contribution in [1.29, 1.82) is 10.5 Å². The third kappa shape index (κ3) is 2.05. The molecule has 4 bridgehead atoms. The third-order valence-corrected chi connectivity index (χ3v) is 5.87. The van der Waals surface area contributed by atoms with Crippen molar-refractivity contribution in [3.63, 3.8) is 0 Å². The molecule has 0 N–H and O–H groups in total. The Kier molecular flexibility index (Phi) is 2.99. The average Bonchev–Trinajstić information content (AvgIpc) is 2.43. The van der Waals surface area contributed by atoms with Crippen LogP contribution in [0.1, 0.15) is 52.4 Å². The maximum Gasteiger partial charge on any atom is 0.333 e. The van der Waals surface area contributed by atoms with Gasteiger partial charge < -0.3 is 4.74 Å². The lowest BCUT2D eigenvalue weighted by atomic mass is 9.36. The molecule has 0 heterocycles. The molecule has 0 aromatic heterocycles. The summed E-state index contributed by atoms with van der Waals surface area (Å²) in [6.45, 7) is 3.98. The lowest BCUT2D eigenvalue weighted by molar-refractivity contribution is -0.140. The lowest BCUT2D eigenvalue weighted by Gasteiger charge is -2.66. The van der Waals surface area contributed by atoms with Crippen molar-refractivity contribution in [2.45, 2.75) is 52.4 Å². The molecule has 4 nitrogen and oxygen atoms in total. The zero-order valence-electron chi connectivity index (χ0n) is 13.5. The molecule has 22 heavy (non-hydrogen) atoms. The van der Waals surface area contributed by atoms with Gasteiger partial charge in [-0.3, -0.25) is 0 Å². The Morgan fingerprint density at radius 2 is 1.59 bits per heavy atom. The van der Waals surface area contributed by atoms with Gasteiger partial charge in [0.15, 0.2) is 0 Å². The Balaban J connectivity index is 2.09. The Hall–Kier alpha value is -1.81. The van der Waals surface area contributed by atoms with E-state index < -0.39 is 10.8 Å². The molecule has 4 saturated carbocycles. The monoisotopic (exact) mass is 298 g/mol. The molecule has 0 aromatic rings. The van der Waals surface area contributed by atoms with Crippen LogP contribution in [-0.2, 0) is 9.53 Å². The minimum Gasteiger partial charge on any atom is -0.466 e. The van der Waals surface area contributed by atoms with Crippen molar-refractivity contribution in [3.05, 3.63) is 11.6 Å². The summed E-state index contributed by atoms with van der Waals surface area (Å²) < 4.78 is 4.82. The molecule has 0 amide bonds. The van der Waals surface area contributed by atoms with Crippen molar-refractivity contribution in [2.24, 2.45) is 21.7 Å². The highest BCUT2D eigenvalue weighted by atomic mass is 16.5. The second kappa shape index (κ2) is 4.35. The van der Waals surface area contributed by atoms with Crippen LogP contribution in [0.25, 0.3) is 0 Å². The number of ether oxygens (including phenoxy) is 1. The molecule has 0 radical (unpaired) electrons. The molecule has 0 spiro atoms. The molecule has 4 fully saturated rings. The number of nitriles is 2. The molecule has 0 aromatic carbocycles. The predicted molar refractivity (Wildman–Crippen MR) is 80.1 cm³/mol. The SMILES string of the molecule is COC(=O)/C(C)=C/C12CC3(C)CC(C#N)(CC(C#N)(C3)C1)C2. The predicted octanol–water partition coefficient (Wildman–Crippen LogP) is 3.50. The van der Waals surface area contributed by atoms with E-state index >= 15 is 0 Å². The minimum absolute atomic E-state index is 0.0209. The number of allylic oxidation sites excluding steroid dienone is 1. The highest BCUT2D eigenvalue weighted by molar-refractivity contribution is 5.87. The fourth-order valence-electron chi connectivity index (χ4n) is 6.30. The van der Waals surface area contributed by atoms with Crippen LogP contribution in [0.4, 0.5) is 0 Å². The molecule has 4 aliphatic rings. The number of carbonyl (C=O) groups is 1. The first-order valence-corrected chi connectivity index (χ1v) is 7.83. The van der Waals surface area contributed by atoms with Gasteiger partial charge in [0.2, 0.25) is 0 Å². The first-order valence-electron chi connectivity index (χ1n) is 7.83. The van der Waals surface area contributed by atoms with Gasteiger partial charge in [0.1, 0.15) is 0 Å². The Bertz CT molecular complexity index is 619. The normalized spacial score (nSPS) is 46.0. The molecule has 0 saturated heterocycles. The average molecular weight is 298 g/mol. The van der Waals surface area contributed by atoms with E-state index in [4.69, 9.17) is 4.74 Å². The van der Waals surface area contributed by atoms with Gasteiger partial charge in [-0.05, 0) is 56.3 Å². The number of hydrogen-bond donors (Lipinski definition) is 0. The van der Waals surface area contributed by atoms with Crippen molar-refractivity contribution in [2.75, 3.05) is 7.11 Å². The van der Waals surface area contributed by atoms with Gasteiger partial charge in [0, 0.05) is 5.57 Å². The summed E-state index contributed by atoms with van der Waals surface area (Å²) in [5, 5.41) is 19.6. The Morgan fingerprint density at radius 1 is 1.05 bits per heavy atom. The summed E-state index contributed by atoms with van der Waals surface area (Å²) >= 11 is 0. The molecule has 4 aliphatic carbocycles. The number of rotatable bonds is 2. The van der Waals surface area contributed by atoms with Crippen LogP contribution < -0.4 is 0 Å². The van der Waals surface area contributed by atoms with E-state index in [1.54, 1.807) is 6.92 Å². The first kappa shape index (κ1) is 15.1. The van der Waals surface area contributed by atoms with Crippen molar-refractivity contribution in [3.8, 4) is 12.1 Å². The second-order valence-corrected chi connectivity index (χ2v) is 8.34. The number of nitrogens with zero attached hydrogens (tertiary/aromatic N) is 2. The lowest BCUT2D eigenvalue weighted by Crippen LogP contribution is -2.59. The highest BCUT2D eigenvalue weighted by Gasteiger charge is 2.67. The number of carbonyl (C=O) groups excluding carboxylic acids is 1. The zero-order valence-corrected chi connectivity index (χ0v) is 13.5. The number of esters is 1. The first-order chi connectivity index (χ1) is 10.2. The van der Waals surface area contributed by atoms with Crippen LogP contribution in [0.2, 0.25) is 0 Å². The molecule has 4 rings (SSSR count). The summed E-state index contributed by atoms with van der Waals surface area (Å²) in [6.07, 6.45) is 6.96. The van der Waals surface area contributed by atoms with Gasteiger partial charge in [-0.25, -0.2) is 4.79 Å². The Morgan fingerprint density at radius 3 is 2.05 bits per heavy atom. The van der Waals surface area contributed by atoms with E-state index in [0.717, 1.165) is 32.1 Å². The van der Waals surface area contributed by atoms with E-state index in [1.807, 2.05) is 6.08 Å². The van der Waals surface area contributed by atoms with Crippen LogP contribution in [0.3, 0.4) is 0 Å². The molecular weight excluding hydrogens is 276 g/mol. The van der Waals surface area contributed by atoms with Crippen LogP contribution in [-0.4, -0.2) is 13.1 Å². The summed E-state index contributed by atoms with van der Waals surface area (Å²) in [7, 11) is 1.38. The van der Waals surface area contributed by atoms with E-state index in [2.05, 4.69) is 19.1 Å². The van der Waals surface area contributed by atoms with Gasteiger partial charge in [-0.1, -0.05) is 13.0 Å². The van der Waals surface area contributed by atoms with Crippen LogP contribution in [0, 0.1) is 44.3 Å². The van der Waals surface area contributed by atoms with E-state index in [0.29, 0.717) is 12.0 Å². The van der Waals surface area contributed by atoms with Gasteiger partial charge >= 0.3 is 5.97 Å². The van der Waals surface area contributed by atoms with Gasteiger partial charge in [0.05, 0.1) is 30.1 Å². The van der Waals surface area contributed by atoms with Crippen molar-refractivity contribution in [1.82, 2.24) is 0 Å². The largest absolute Gasteiger partial charge is 0.466 e. The topological polar surface area (TPSA) is 73.9 Å². The van der Waals surface area contributed by atoms with Gasteiger partial charge in [-0.15, -0.1) is 0 Å². The second-order valence-electron chi connectivity index (χ2n) is 8.34. The molecular formula is C18H22N2O2. The molecule has 116 valence electrons. The van der Waals surface area contributed by atoms with E-state index in [9.17, 15) is 15.3 Å². The maximum absolute atomic E-state index is 11.8. The van der Waals surface area contributed by atoms with Gasteiger partial charge in [-0.2, -0.15) is 10.5 Å². The number of hydrogen-bond acceptors (Lipinski definition) is 4. The molecule has 0 aliphatic heterocycles. The molecule has 4 heteroatoms. The maximum atomic E-state index is 11.8. The van der Waals surface area contributed by atoms with E-state index in [1.165, 1.54) is 7.11 Å². The zero-order chi connectivity index (χ0) is 16.2. The van der Waals surface area contributed by atoms with E-state index in [-0.39, 0.29) is 16.8 Å².